The summed E-state index contributed by atoms with van der Waals surface area (Å²) < 4.78 is 11.3. The fraction of sp³-hybridized carbons (Fsp3) is 0.556. The minimum absolute atomic E-state index is 0.0793. The Morgan fingerprint density at radius 3 is 2.54 bits per heavy atom. The molecule has 1 aromatic carbocycles. The molecule has 0 unspecified atom stereocenters. The first kappa shape index (κ1) is 18.9. The number of hydrogen-bond donors (Lipinski definition) is 1. The number of benzene rings is 1. The maximum Gasteiger partial charge on any atom is 0.328 e. The predicted octanol–water partition coefficient (Wildman–Crippen LogP) is 3.03. The summed E-state index contributed by atoms with van der Waals surface area (Å²) in [5.74, 6) is -0.382. The molecular weight excluding hydrogens is 374 g/mol. The number of rotatable bonds is 8. The van der Waals surface area contributed by atoms with E-state index >= 15 is 0 Å². The Bertz CT molecular complexity index is 573. The largest absolute Gasteiger partial charge is 0.467 e. The van der Waals surface area contributed by atoms with Crippen LogP contribution in [0.2, 0.25) is 0 Å². The SMILES string of the molecule is COC(=O)[C@H](CCOC(C)C)NC(=O)[C@@H]1C[C@H]1c1ccc(Br)cc1. The predicted molar refractivity (Wildman–Crippen MR) is 94.6 cm³/mol. The molecule has 3 atom stereocenters. The van der Waals surface area contributed by atoms with Crippen LogP contribution >= 0.6 is 15.9 Å². The van der Waals surface area contributed by atoms with Crippen molar-refractivity contribution in [3.63, 3.8) is 0 Å². The molecule has 24 heavy (non-hydrogen) atoms. The van der Waals surface area contributed by atoms with E-state index in [1.807, 2.05) is 38.1 Å². The molecule has 1 fully saturated rings. The van der Waals surface area contributed by atoms with Gasteiger partial charge in [-0.05, 0) is 43.9 Å². The van der Waals surface area contributed by atoms with Crippen LogP contribution in [-0.2, 0) is 19.1 Å². The zero-order valence-corrected chi connectivity index (χ0v) is 15.8. The van der Waals surface area contributed by atoms with Gasteiger partial charge in [-0.1, -0.05) is 28.1 Å². The lowest BCUT2D eigenvalue weighted by molar-refractivity contribution is -0.146. The molecule has 1 aliphatic carbocycles. The van der Waals surface area contributed by atoms with Crippen molar-refractivity contribution in [3.8, 4) is 0 Å². The van der Waals surface area contributed by atoms with Crippen LogP contribution in [-0.4, -0.2) is 37.7 Å². The molecule has 1 aliphatic rings. The van der Waals surface area contributed by atoms with Crippen molar-refractivity contribution in [1.29, 1.82) is 0 Å². The monoisotopic (exact) mass is 397 g/mol. The van der Waals surface area contributed by atoms with Crippen LogP contribution in [0.1, 0.15) is 38.2 Å². The molecule has 0 aromatic heterocycles. The molecule has 1 N–H and O–H groups in total. The van der Waals surface area contributed by atoms with E-state index in [4.69, 9.17) is 9.47 Å². The highest BCUT2D eigenvalue weighted by Crippen LogP contribution is 2.47. The summed E-state index contributed by atoms with van der Waals surface area (Å²) in [6, 6.07) is 7.34. The summed E-state index contributed by atoms with van der Waals surface area (Å²) in [6.07, 6.45) is 1.31. The van der Waals surface area contributed by atoms with Gasteiger partial charge in [0, 0.05) is 23.4 Å². The number of hydrogen-bond acceptors (Lipinski definition) is 4. The fourth-order valence-corrected chi connectivity index (χ4v) is 2.92. The molecule has 1 saturated carbocycles. The van der Waals surface area contributed by atoms with Crippen LogP contribution in [0.3, 0.4) is 0 Å². The van der Waals surface area contributed by atoms with Gasteiger partial charge in [0.2, 0.25) is 5.91 Å². The van der Waals surface area contributed by atoms with Gasteiger partial charge in [0.15, 0.2) is 0 Å². The number of esters is 1. The summed E-state index contributed by atoms with van der Waals surface area (Å²) in [5, 5.41) is 2.81. The van der Waals surface area contributed by atoms with Gasteiger partial charge in [-0.25, -0.2) is 4.79 Å². The van der Waals surface area contributed by atoms with Crippen molar-refractivity contribution in [2.24, 2.45) is 5.92 Å². The first-order valence-electron chi connectivity index (χ1n) is 8.17. The Morgan fingerprint density at radius 1 is 1.29 bits per heavy atom. The Morgan fingerprint density at radius 2 is 1.96 bits per heavy atom. The van der Waals surface area contributed by atoms with Crippen molar-refractivity contribution >= 4 is 27.8 Å². The second kappa shape index (κ2) is 8.62. The quantitative estimate of drug-likeness (QED) is 0.684. The van der Waals surface area contributed by atoms with Gasteiger partial charge in [-0.2, -0.15) is 0 Å². The number of carbonyl (C=O) groups is 2. The highest BCUT2D eigenvalue weighted by Gasteiger charge is 2.44. The minimum Gasteiger partial charge on any atom is -0.467 e. The number of amides is 1. The average molecular weight is 398 g/mol. The van der Waals surface area contributed by atoms with Gasteiger partial charge >= 0.3 is 5.97 Å². The summed E-state index contributed by atoms with van der Waals surface area (Å²) in [6.45, 7) is 4.26. The molecular formula is C18H24BrNO4. The Hall–Kier alpha value is -1.40. The molecule has 2 rings (SSSR count). The number of methoxy groups -OCH3 is 1. The van der Waals surface area contributed by atoms with Crippen LogP contribution in [0.4, 0.5) is 0 Å². The molecule has 132 valence electrons. The molecule has 0 saturated heterocycles. The Kier molecular flexibility index (Phi) is 6.80. The van der Waals surface area contributed by atoms with Crippen molar-refractivity contribution in [2.45, 2.75) is 44.8 Å². The van der Waals surface area contributed by atoms with Crippen LogP contribution in [0.15, 0.2) is 28.7 Å². The number of carbonyl (C=O) groups excluding carboxylic acids is 2. The first-order chi connectivity index (χ1) is 11.4. The van der Waals surface area contributed by atoms with E-state index in [2.05, 4.69) is 21.2 Å². The molecule has 1 aromatic rings. The van der Waals surface area contributed by atoms with E-state index in [1.165, 1.54) is 7.11 Å². The lowest BCUT2D eigenvalue weighted by Gasteiger charge is -2.17. The average Bonchev–Trinajstić information content (AvgIpc) is 3.34. The maximum absolute atomic E-state index is 12.4. The van der Waals surface area contributed by atoms with Crippen molar-refractivity contribution in [1.82, 2.24) is 5.32 Å². The third-order valence-electron chi connectivity index (χ3n) is 4.09. The molecule has 0 heterocycles. The van der Waals surface area contributed by atoms with Crippen molar-refractivity contribution in [3.05, 3.63) is 34.3 Å². The maximum atomic E-state index is 12.4. The lowest BCUT2D eigenvalue weighted by atomic mass is 10.1. The highest BCUT2D eigenvalue weighted by molar-refractivity contribution is 9.10. The van der Waals surface area contributed by atoms with Gasteiger partial charge in [-0.3, -0.25) is 4.79 Å². The van der Waals surface area contributed by atoms with Crippen LogP contribution in [0.25, 0.3) is 0 Å². The fourth-order valence-electron chi connectivity index (χ4n) is 2.65. The van der Waals surface area contributed by atoms with Crippen LogP contribution in [0, 0.1) is 5.92 Å². The Balaban J connectivity index is 1.88. The van der Waals surface area contributed by atoms with Crippen molar-refractivity contribution < 1.29 is 19.1 Å². The van der Waals surface area contributed by atoms with E-state index in [9.17, 15) is 9.59 Å². The summed E-state index contributed by atoms with van der Waals surface area (Å²) in [5.41, 5.74) is 1.15. The van der Waals surface area contributed by atoms with E-state index in [-0.39, 0.29) is 23.8 Å². The summed E-state index contributed by atoms with van der Waals surface area (Å²) in [7, 11) is 1.33. The molecule has 0 bridgehead atoms. The van der Waals surface area contributed by atoms with E-state index in [1.54, 1.807) is 0 Å². The van der Waals surface area contributed by atoms with Gasteiger partial charge in [-0.15, -0.1) is 0 Å². The van der Waals surface area contributed by atoms with Crippen LogP contribution in [0.5, 0.6) is 0 Å². The normalized spacial score (nSPS) is 20.5. The molecule has 0 radical (unpaired) electrons. The van der Waals surface area contributed by atoms with Crippen molar-refractivity contribution in [2.75, 3.05) is 13.7 Å². The van der Waals surface area contributed by atoms with Gasteiger partial charge in [0.05, 0.1) is 13.2 Å². The van der Waals surface area contributed by atoms with E-state index < -0.39 is 12.0 Å². The second-order valence-corrected chi connectivity index (χ2v) is 7.21. The topological polar surface area (TPSA) is 64.6 Å². The molecule has 0 aliphatic heterocycles. The number of halogens is 1. The van der Waals surface area contributed by atoms with Gasteiger partial charge in [0.1, 0.15) is 6.04 Å². The molecule has 1 amide bonds. The molecule has 6 heteroatoms. The van der Waals surface area contributed by atoms with E-state index in [0.29, 0.717) is 13.0 Å². The van der Waals surface area contributed by atoms with Gasteiger partial charge in [0.25, 0.3) is 0 Å². The molecule has 0 spiro atoms. The summed E-state index contributed by atoms with van der Waals surface area (Å²) in [4.78, 5) is 24.3. The van der Waals surface area contributed by atoms with Crippen LogP contribution < -0.4 is 5.32 Å². The Labute approximate surface area is 151 Å². The highest BCUT2D eigenvalue weighted by atomic mass is 79.9. The lowest BCUT2D eigenvalue weighted by Crippen LogP contribution is -2.43. The smallest absolute Gasteiger partial charge is 0.328 e. The van der Waals surface area contributed by atoms with Gasteiger partial charge < -0.3 is 14.8 Å². The zero-order valence-electron chi connectivity index (χ0n) is 14.3. The zero-order chi connectivity index (χ0) is 17.7. The van der Waals surface area contributed by atoms with E-state index in [0.717, 1.165) is 16.5 Å². The standard InChI is InChI=1S/C18H24BrNO4/c1-11(2)24-9-8-16(18(22)23-3)20-17(21)15-10-14(15)12-4-6-13(19)7-5-12/h4-7,11,14-16H,8-10H2,1-3H3,(H,20,21)/t14-,15+,16-/m0/s1. The third-order valence-corrected chi connectivity index (χ3v) is 4.61. The molecule has 5 nitrogen and oxygen atoms in total. The summed E-state index contributed by atoms with van der Waals surface area (Å²) >= 11 is 3.41. The number of ether oxygens (including phenoxy) is 2. The number of nitrogens with one attached hydrogen (secondary N) is 1. The third kappa shape index (κ3) is 5.31. The first-order valence-corrected chi connectivity index (χ1v) is 8.97. The second-order valence-electron chi connectivity index (χ2n) is 6.29. The minimum atomic E-state index is -0.660.